The number of likely N-dealkylation sites (N-methyl/N-ethyl adjacent to an activating group) is 1. The van der Waals surface area contributed by atoms with Crippen molar-refractivity contribution in [1.82, 2.24) is 4.90 Å². The number of aliphatic hydroxyl groups is 1. The maximum atomic E-state index is 11.9. The molecule has 1 aromatic rings. The number of rotatable bonds is 6. The van der Waals surface area contributed by atoms with Crippen LogP contribution in [-0.2, 0) is 4.79 Å². The average Bonchev–Trinajstić information content (AvgIpc) is 3.28. The zero-order valence-electron chi connectivity index (χ0n) is 12.1. The SMILES string of the molecule is COc1cc(C(C)O)ccc1OCC(=O)N(C)C1CC1. The van der Waals surface area contributed by atoms with Crippen molar-refractivity contribution in [3.63, 3.8) is 0 Å². The summed E-state index contributed by atoms with van der Waals surface area (Å²) in [5, 5.41) is 9.54. The number of hydrogen-bond donors (Lipinski definition) is 1. The summed E-state index contributed by atoms with van der Waals surface area (Å²) in [5.41, 5.74) is 0.746. The summed E-state index contributed by atoms with van der Waals surface area (Å²) >= 11 is 0. The molecule has 1 aliphatic carbocycles. The Bertz CT molecular complexity index is 483. The number of benzene rings is 1. The topological polar surface area (TPSA) is 59.0 Å². The van der Waals surface area contributed by atoms with Crippen molar-refractivity contribution in [2.75, 3.05) is 20.8 Å². The summed E-state index contributed by atoms with van der Waals surface area (Å²) < 4.78 is 10.8. The van der Waals surface area contributed by atoms with E-state index in [4.69, 9.17) is 9.47 Å². The van der Waals surface area contributed by atoms with Crippen LogP contribution in [0, 0.1) is 0 Å². The fourth-order valence-electron chi connectivity index (χ4n) is 1.97. The van der Waals surface area contributed by atoms with E-state index in [-0.39, 0.29) is 12.5 Å². The van der Waals surface area contributed by atoms with E-state index in [1.807, 2.05) is 0 Å². The van der Waals surface area contributed by atoms with E-state index in [1.165, 1.54) is 7.11 Å². The van der Waals surface area contributed by atoms with Gasteiger partial charge in [-0.05, 0) is 37.5 Å². The van der Waals surface area contributed by atoms with Crippen LogP contribution < -0.4 is 9.47 Å². The number of aliphatic hydroxyl groups excluding tert-OH is 1. The van der Waals surface area contributed by atoms with Crippen LogP contribution in [0.4, 0.5) is 0 Å². The number of methoxy groups -OCH3 is 1. The minimum absolute atomic E-state index is 0.00259. The third kappa shape index (κ3) is 3.42. The first kappa shape index (κ1) is 14.7. The van der Waals surface area contributed by atoms with Crippen molar-refractivity contribution >= 4 is 5.91 Å². The van der Waals surface area contributed by atoms with Crippen molar-refractivity contribution in [3.8, 4) is 11.5 Å². The molecule has 1 atom stereocenters. The molecule has 5 heteroatoms. The summed E-state index contributed by atoms with van der Waals surface area (Å²) in [4.78, 5) is 13.6. The van der Waals surface area contributed by atoms with Gasteiger partial charge in [-0.25, -0.2) is 0 Å². The minimum Gasteiger partial charge on any atom is -0.493 e. The monoisotopic (exact) mass is 279 g/mol. The normalized spacial score (nSPS) is 15.6. The van der Waals surface area contributed by atoms with E-state index >= 15 is 0 Å². The van der Waals surface area contributed by atoms with E-state index < -0.39 is 6.10 Å². The minimum atomic E-state index is -0.569. The van der Waals surface area contributed by atoms with Crippen LogP contribution in [0.1, 0.15) is 31.4 Å². The number of amides is 1. The van der Waals surface area contributed by atoms with Crippen molar-refractivity contribution in [2.24, 2.45) is 0 Å². The molecule has 1 N–H and O–H groups in total. The van der Waals surface area contributed by atoms with E-state index in [0.29, 0.717) is 17.5 Å². The summed E-state index contributed by atoms with van der Waals surface area (Å²) in [5.74, 6) is 0.994. The van der Waals surface area contributed by atoms with Gasteiger partial charge >= 0.3 is 0 Å². The van der Waals surface area contributed by atoms with Gasteiger partial charge < -0.3 is 19.5 Å². The van der Waals surface area contributed by atoms with Gasteiger partial charge in [0.1, 0.15) is 0 Å². The van der Waals surface area contributed by atoms with Crippen LogP contribution in [0.5, 0.6) is 11.5 Å². The first-order valence-corrected chi connectivity index (χ1v) is 6.77. The van der Waals surface area contributed by atoms with Crippen molar-refractivity contribution in [1.29, 1.82) is 0 Å². The maximum Gasteiger partial charge on any atom is 0.260 e. The Morgan fingerprint density at radius 1 is 1.45 bits per heavy atom. The van der Waals surface area contributed by atoms with Gasteiger partial charge in [-0.3, -0.25) is 4.79 Å². The smallest absolute Gasteiger partial charge is 0.260 e. The molecule has 1 aromatic carbocycles. The molecule has 110 valence electrons. The average molecular weight is 279 g/mol. The highest BCUT2D eigenvalue weighted by atomic mass is 16.5. The zero-order chi connectivity index (χ0) is 14.7. The number of carbonyl (C=O) groups excluding carboxylic acids is 1. The van der Waals surface area contributed by atoms with Crippen LogP contribution in [0.25, 0.3) is 0 Å². The molecule has 0 heterocycles. The summed E-state index contributed by atoms with van der Waals surface area (Å²) in [7, 11) is 3.34. The number of nitrogens with zero attached hydrogens (tertiary/aromatic N) is 1. The molecule has 1 saturated carbocycles. The van der Waals surface area contributed by atoms with Crippen LogP contribution in [0.15, 0.2) is 18.2 Å². The van der Waals surface area contributed by atoms with Gasteiger partial charge in [0.25, 0.3) is 5.91 Å². The van der Waals surface area contributed by atoms with E-state index in [9.17, 15) is 9.90 Å². The van der Waals surface area contributed by atoms with Crippen LogP contribution >= 0.6 is 0 Å². The fourth-order valence-corrected chi connectivity index (χ4v) is 1.97. The molecular formula is C15H21NO4. The highest BCUT2D eigenvalue weighted by Crippen LogP contribution is 2.30. The quantitative estimate of drug-likeness (QED) is 0.862. The Hall–Kier alpha value is -1.75. The second kappa shape index (κ2) is 6.13. The second-order valence-corrected chi connectivity index (χ2v) is 5.11. The third-order valence-electron chi connectivity index (χ3n) is 3.51. The molecule has 1 unspecified atom stereocenters. The van der Waals surface area contributed by atoms with E-state index in [0.717, 1.165) is 18.4 Å². The highest BCUT2D eigenvalue weighted by molar-refractivity contribution is 5.78. The fraction of sp³-hybridized carbons (Fsp3) is 0.533. The number of hydrogen-bond acceptors (Lipinski definition) is 4. The predicted molar refractivity (Wildman–Crippen MR) is 74.9 cm³/mol. The summed E-state index contributed by atoms with van der Waals surface area (Å²) in [6.07, 6.45) is 1.59. The third-order valence-corrected chi connectivity index (χ3v) is 3.51. The largest absolute Gasteiger partial charge is 0.493 e. The molecule has 0 bridgehead atoms. The highest BCUT2D eigenvalue weighted by Gasteiger charge is 2.29. The van der Waals surface area contributed by atoms with Gasteiger partial charge in [0.05, 0.1) is 13.2 Å². The molecule has 0 saturated heterocycles. The Labute approximate surface area is 119 Å². The maximum absolute atomic E-state index is 11.9. The lowest BCUT2D eigenvalue weighted by atomic mass is 10.1. The van der Waals surface area contributed by atoms with Crippen LogP contribution in [0.3, 0.4) is 0 Å². The van der Waals surface area contributed by atoms with Gasteiger partial charge in [0.15, 0.2) is 18.1 Å². The van der Waals surface area contributed by atoms with Gasteiger partial charge in [-0.1, -0.05) is 6.07 Å². The Balaban J connectivity index is 1.99. The predicted octanol–water partition coefficient (Wildman–Crippen LogP) is 1.75. The molecule has 0 aromatic heterocycles. The molecular weight excluding hydrogens is 258 g/mol. The van der Waals surface area contributed by atoms with E-state index in [2.05, 4.69) is 0 Å². The summed E-state index contributed by atoms with van der Waals surface area (Å²) in [6.45, 7) is 1.68. The molecule has 2 rings (SSSR count). The number of ether oxygens (including phenoxy) is 2. The molecule has 1 fully saturated rings. The van der Waals surface area contributed by atoms with Crippen molar-refractivity contribution in [3.05, 3.63) is 23.8 Å². The van der Waals surface area contributed by atoms with Gasteiger partial charge in [0, 0.05) is 13.1 Å². The van der Waals surface area contributed by atoms with Gasteiger partial charge in [-0.15, -0.1) is 0 Å². The van der Waals surface area contributed by atoms with E-state index in [1.54, 1.807) is 37.1 Å². The Morgan fingerprint density at radius 3 is 2.70 bits per heavy atom. The first-order chi connectivity index (χ1) is 9.52. The van der Waals surface area contributed by atoms with Crippen molar-refractivity contribution in [2.45, 2.75) is 31.9 Å². The Morgan fingerprint density at radius 2 is 2.15 bits per heavy atom. The molecule has 5 nitrogen and oxygen atoms in total. The van der Waals surface area contributed by atoms with Crippen LogP contribution in [0.2, 0.25) is 0 Å². The Kier molecular flexibility index (Phi) is 4.49. The lowest BCUT2D eigenvalue weighted by Crippen LogP contribution is -2.33. The molecule has 20 heavy (non-hydrogen) atoms. The van der Waals surface area contributed by atoms with Gasteiger partial charge in [-0.2, -0.15) is 0 Å². The molecule has 1 amide bonds. The lowest BCUT2D eigenvalue weighted by molar-refractivity contribution is -0.132. The standard InChI is InChI=1S/C15H21NO4/c1-10(17)11-4-7-13(14(8-11)19-3)20-9-15(18)16(2)12-5-6-12/h4,7-8,10,12,17H,5-6,9H2,1-3H3. The van der Waals surface area contributed by atoms with Crippen molar-refractivity contribution < 1.29 is 19.4 Å². The van der Waals surface area contributed by atoms with Crippen LogP contribution in [-0.4, -0.2) is 42.7 Å². The molecule has 0 spiro atoms. The second-order valence-electron chi connectivity index (χ2n) is 5.11. The first-order valence-electron chi connectivity index (χ1n) is 6.77. The molecule has 0 radical (unpaired) electrons. The lowest BCUT2D eigenvalue weighted by Gasteiger charge is -2.17. The molecule has 0 aliphatic heterocycles. The molecule has 1 aliphatic rings. The summed E-state index contributed by atoms with van der Waals surface area (Å²) in [6, 6.07) is 5.57. The number of carbonyl (C=O) groups is 1. The zero-order valence-corrected chi connectivity index (χ0v) is 12.1. The van der Waals surface area contributed by atoms with Gasteiger partial charge in [0.2, 0.25) is 0 Å².